The third-order valence-electron chi connectivity index (χ3n) is 2.78. The summed E-state index contributed by atoms with van der Waals surface area (Å²) in [4.78, 5) is 11.7. The predicted molar refractivity (Wildman–Crippen MR) is 78.5 cm³/mol. The van der Waals surface area contributed by atoms with Crippen LogP contribution in [0, 0.1) is 11.3 Å². The average Bonchev–Trinajstić information content (AvgIpc) is 2.52. The van der Waals surface area contributed by atoms with Crippen LogP contribution >= 0.6 is 0 Å². The van der Waals surface area contributed by atoms with Gasteiger partial charge >= 0.3 is 0 Å². The Labute approximate surface area is 118 Å². The number of hydrogen-bond donors (Lipinski definition) is 1. The van der Waals surface area contributed by atoms with Crippen molar-refractivity contribution in [1.29, 1.82) is 5.26 Å². The molecule has 0 saturated heterocycles. The van der Waals surface area contributed by atoms with Gasteiger partial charge in [-0.15, -0.1) is 0 Å². The first kappa shape index (κ1) is 13.6. The van der Waals surface area contributed by atoms with Crippen molar-refractivity contribution in [2.24, 2.45) is 0 Å². The molecule has 20 heavy (non-hydrogen) atoms. The van der Waals surface area contributed by atoms with Crippen LogP contribution in [0.2, 0.25) is 0 Å². The van der Waals surface area contributed by atoms with E-state index in [4.69, 9.17) is 5.26 Å². The van der Waals surface area contributed by atoms with E-state index in [9.17, 15) is 4.79 Å². The summed E-state index contributed by atoms with van der Waals surface area (Å²) < 4.78 is 0. The van der Waals surface area contributed by atoms with E-state index >= 15 is 0 Å². The van der Waals surface area contributed by atoms with Crippen molar-refractivity contribution in [3.8, 4) is 6.07 Å². The summed E-state index contributed by atoms with van der Waals surface area (Å²) in [5.41, 5.74) is 2.56. The maximum atomic E-state index is 11.7. The summed E-state index contributed by atoms with van der Waals surface area (Å²) in [6, 6.07) is 18.9. The second kappa shape index (κ2) is 6.91. The maximum absolute atomic E-state index is 11.7. The van der Waals surface area contributed by atoms with Gasteiger partial charge in [-0.3, -0.25) is 4.79 Å². The van der Waals surface area contributed by atoms with E-state index in [1.54, 1.807) is 30.3 Å². The lowest BCUT2D eigenvalue weighted by Crippen LogP contribution is -2.20. The van der Waals surface area contributed by atoms with Gasteiger partial charge in [-0.2, -0.15) is 5.26 Å². The van der Waals surface area contributed by atoms with E-state index in [1.807, 2.05) is 30.3 Å². The molecule has 3 nitrogen and oxygen atoms in total. The van der Waals surface area contributed by atoms with Crippen LogP contribution in [0.1, 0.15) is 16.7 Å². The normalized spacial score (nSPS) is 10.2. The minimum atomic E-state index is -0.141. The molecule has 0 atom stereocenters. The van der Waals surface area contributed by atoms with E-state index in [0.717, 1.165) is 11.1 Å². The van der Waals surface area contributed by atoms with Crippen LogP contribution in [0.25, 0.3) is 6.08 Å². The summed E-state index contributed by atoms with van der Waals surface area (Å²) in [5, 5.41) is 11.5. The van der Waals surface area contributed by atoms with Gasteiger partial charge in [0.15, 0.2) is 0 Å². The lowest BCUT2D eigenvalue weighted by atomic mass is 10.1. The molecule has 2 aromatic carbocycles. The molecule has 3 heteroatoms. The zero-order valence-corrected chi connectivity index (χ0v) is 10.9. The molecule has 1 amide bonds. The molecule has 1 N–H and O–H groups in total. The first-order valence-electron chi connectivity index (χ1n) is 6.28. The Morgan fingerprint density at radius 1 is 1.10 bits per heavy atom. The maximum Gasteiger partial charge on any atom is 0.244 e. The van der Waals surface area contributed by atoms with Gasteiger partial charge in [0.05, 0.1) is 11.6 Å². The second-order valence-electron chi connectivity index (χ2n) is 4.27. The van der Waals surface area contributed by atoms with Crippen LogP contribution in [0.5, 0.6) is 0 Å². The standard InChI is InChI=1S/C17H14N2O/c18-12-15-8-6-14(7-9-15)10-11-17(20)19-13-16-4-2-1-3-5-16/h1-11H,13H2,(H,19,20). The quantitative estimate of drug-likeness (QED) is 0.861. The third-order valence-corrected chi connectivity index (χ3v) is 2.78. The second-order valence-corrected chi connectivity index (χ2v) is 4.27. The highest BCUT2D eigenvalue weighted by Crippen LogP contribution is 2.05. The van der Waals surface area contributed by atoms with Crippen molar-refractivity contribution in [3.05, 3.63) is 77.4 Å². The smallest absolute Gasteiger partial charge is 0.244 e. The highest BCUT2D eigenvalue weighted by Gasteiger charge is 1.96. The fourth-order valence-corrected chi connectivity index (χ4v) is 1.68. The zero-order valence-electron chi connectivity index (χ0n) is 10.9. The molecular formula is C17H14N2O. The molecule has 2 aromatic rings. The Morgan fingerprint density at radius 2 is 1.80 bits per heavy atom. The van der Waals surface area contributed by atoms with Gasteiger partial charge in [-0.1, -0.05) is 42.5 Å². The van der Waals surface area contributed by atoms with E-state index in [1.165, 1.54) is 6.08 Å². The van der Waals surface area contributed by atoms with Crippen molar-refractivity contribution in [1.82, 2.24) is 5.32 Å². The summed E-state index contributed by atoms with van der Waals surface area (Å²) in [6.45, 7) is 0.511. The number of nitrogens with zero attached hydrogens (tertiary/aromatic N) is 1. The molecule has 0 radical (unpaired) electrons. The molecule has 0 aromatic heterocycles. The number of hydrogen-bond acceptors (Lipinski definition) is 2. The van der Waals surface area contributed by atoms with Gasteiger partial charge in [-0.05, 0) is 29.3 Å². The highest BCUT2D eigenvalue weighted by atomic mass is 16.1. The molecule has 0 fully saturated rings. The van der Waals surface area contributed by atoms with Gasteiger partial charge in [0.25, 0.3) is 0 Å². The Hall–Kier alpha value is -2.86. The fourth-order valence-electron chi connectivity index (χ4n) is 1.68. The summed E-state index contributed by atoms with van der Waals surface area (Å²) >= 11 is 0. The Bertz CT molecular complexity index is 637. The Morgan fingerprint density at radius 3 is 2.45 bits per heavy atom. The SMILES string of the molecule is N#Cc1ccc(C=CC(=O)NCc2ccccc2)cc1. The lowest BCUT2D eigenvalue weighted by molar-refractivity contribution is -0.116. The molecule has 0 spiro atoms. The van der Waals surface area contributed by atoms with E-state index in [2.05, 4.69) is 11.4 Å². The van der Waals surface area contributed by atoms with Crippen molar-refractivity contribution >= 4 is 12.0 Å². The van der Waals surface area contributed by atoms with Gasteiger partial charge in [0, 0.05) is 12.6 Å². The monoisotopic (exact) mass is 262 g/mol. The van der Waals surface area contributed by atoms with Gasteiger partial charge in [0.2, 0.25) is 5.91 Å². The molecule has 0 bridgehead atoms. The van der Waals surface area contributed by atoms with E-state index < -0.39 is 0 Å². The topological polar surface area (TPSA) is 52.9 Å². The van der Waals surface area contributed by atoms with Crippen molar-refractivity contribution < 1.29 is 4.79 Å². The minimum Gasteiger partial charge on any atom is -0.348 e. The number of rotatable bonds is 4. The first-order valence-corrected chi connectivity index (χ1v) is 6.28. The number of nitrogens with one attached hydrogen (secondary N) is 1. The Balaban J connectivity index is 1.87. The molecular weight excluding hydrogens is 248 g/mol. The minimum absolute atomic E-state index is 0.141. The number of amides is 1. The lowest BCUT2D eigenvalue weighted by Gasteiger charge is -2.01. The van der Waals surface area contributed by atoms with E-state index in [-0.39, 0.29) is 5.91 Å². The van der Waals surface area contributed by atoms with Crippen LogP contribution in [0.15, 0.2) is 60.7 Å². The molecule has 0 aliphatic carbocycles. The molecule has 2 rings (SSSR count). The van der Waals surface area contributed by atoms with Crippen LogP contribution < -0.4 is 5.32 Å². The average molecular weight is 262 g/mol. The summed E-state index contributed by atoms with van der Waals surface area (Å²) in [7, 11) is 0. The van der Waals surface area contributed by atoms with Crippen LogP contribution in [0.3, 0.4) is 0 Å². The number of benzene rings is 2. The largest absolute Gasteiger partial charge is 0.348 e. The van der Waals surface area contributed by atoms with Crippen molar-refractivity contribution in [3.63, 3.8) is 0 Å². The van der Waals surface area contributed by atoms with E-state index in [0.29, 0.717) is 12.1 Å². The van der Waals surface area contributed by atoms with Crippen LogP contribution in [-0.2, 0) is 11.3 Å². The van der Waals surface area contributed by atoms with Crippen molar-refractivity contribution in [2.75, 3.05) is 0 Å². The number of carbonyl (C=O) groups excluding carboxylic acids is 1. The fraction of sp³-hybridized carbons (Fsp3) is 0.0588. The Kier molecular flexibility index (Phi) is 4.69. The molecule has 0 aliphatic rings. The van der Waals surface area contributed by atoms with Gasteiger partial charge in [0.1, 0.15) is 0 Å². The van der Waals surface area contributed by atoms with Crippen LogP contribution in [-0.4, -0.2) is 5.91 Å². The van der Waals surface area contributed by atoms with Gasteiger partial charge < -0.3 is 5.32 Å². The summed E-state index contributed by atoms with van der Waals surface area (Å²) in [6.07, 6.45) is 3.21. The van der Waals surface area contributed by atoms with Gasteiger partial charge in [-0.25, -0.2) is 0 Å². The number of carbonyl (C=O) groups is 1. The molecule has 0 heterocycles. The molecule has 98 valence electrons. The van der Waals surface area contributed by atoms with Crippen LogP contribution in [0.4, 0.5) is 0 Å². The zero-order chi connectivity index (χ0) is 14.2. The van der Waals surface area contributed by atoms with Crippen molar-refractivity contribution in [2.45, 2.75) is 6.54 Å². The third kappa shape index (κ3) is 4.11. The predicted octanol–water partition coefficient (Wildman–Crippen LogP) is 2.89. The summed E-state index contributed by atoms with van der Waals surface area (Å²) in [5.74, 6) is -0.141. The molecule has 0 unspecified atom stereocenters. The molecule has 0 aliphatic heterocycles. The molecule has 0 saturated carbocycles. The first-order chi connectivity index (χ1) is 9.78. The number of nitriles is 1. The highest BCUT2D eigenvalue weighted by molar-refractivity contribution is 5.91.